The lowest BCUT2D eigenvalue weighted by Crippen LogP contribution is -1.75. The Bertz CT molecular complexity index is 426. The van der Waals surface area contributed by atoms with Crippen LogP contribution < -0.4 is 0 Å². The molecule has 0 aliphatic heterocycles. The molecule has 1 aromatic rings. The molecule has 0 heterocycles. The summed E-state index contributed by atoms with van der Waals surface area (Å²) in [5.74, 6) is 6.01. The van der Waals surface area contributed by atoms with Crippen molar-refractivity contribution >= 4 is 11.7 Å². The minimum atomic E-state index is 0.669. The number of benzene rings is 1. The van der Waals surface area contributed by atoms with E-state index in [2.05, 4.69) is 27.8 Å². The molecular formula is C14H16N2. The van der Waals surface area contributed by atoms with E-state index in [0.29, 0.717) is 6.54 Å². The molecule has 0 amide bonds. The van der Waals surface area contributed by atoms with Crippen LogP contribution in [0.3, 0.4) is 0 Å². The Hall–Kier alpha value is -1.84. The van der Waals surface area contributed by atoms with E-state index < -0.39 is 0 Å². The van der Waals surface area contributed by atoms with E-state index in [0.717, 1.165) is 18.5 Å². The summed E-state index contributed by atoms with van der Waals surface area (Å²) in [6.07, 6.45) is 1.69. The molecule has 1 aromatic carbocycles. The summed E-state index contributed by atoms with van der Waals surface area (Å²) in [6, 6.07) is 10.6. The van der Waals surface area contributed by atoms with Gasteiger partial charge in [0, 0.05) is 12.8 Å². The fourth-order valence-electron chi connectivity index (χ4n) is 1.09. The lowest BCUT2D eigenvalue weighted by atomic mass is 10.2. The third-order valence-corrected chi connectivity index (χ3v) is 1.93. The van der Waals surface area contributed by atoms with Crippen LogP contribution in [0.2, 0.25) is 0 Å². The van der Waals surface area contributed by atoms with Gasteiger partial charge in [-0.3, -0.25) is 0 Å². The predicted molar refractivity (Wildman–Crippen MR) is 68.3 cm³/mol. The van der Waals surface area contributed by atoms with E-state index in [-0.39, 0.29) is 0 Å². The first-order valence-electron chi connectivity index (χ1n) is 5.47. The molecule has 2 nitrogen and oxygen atoms in total. The number of hydrogen-bond acceptors (Lipinski definition) is 2. The molecule has 0 saturated carbocycles. The molecule has 0 radical (unpaired) electrons. The second kappa shape index (κ2) is 7.45. The van der Waals surface area contributed by atoms with Crippen LogP contribution in [0.1, 0.15) is 25.3 Å². The molecule has 0 saturated heterocycles. The van der Waals surface area contributed by atoms with Gasteiger partial charge in [-0.15, -0.1) is 11.8 Å². The average Bonchev–Trinajstić information content (AvgIpc) is 2.30. The van der Waals surface area contributed by atoms with E-state index in [4.69, 9.17) is 0 Å². The molecule has 1 rings (SSSR count). The molecule has 0 atom stereocenters. The van der Waals surface area contributed by atoms with E-state index >= 15 is 0 Å². The molecule has 0 aliphatic carbocycles. The molecule has 0 bridgehead atoms. The number of aryl methyl sites for hydroxylation is 1. The maximum Gasteiger partial charge on any atom is 0.0949 e. The van der Waals surface area contributed by atoms with Gasteiger partial charge in [-0.2, -0.15) is 4.99 Å². The molecular weight excluding hydrogens is 196 g/mol. The third-order valence-electron chi connectivity index (χ3n) is 1.93. The molecule has 2 heteroatoms. The summed E-state index contributed by atoms with van der Waals surface area (Å²) in [5, 5.41) is 0. The van der Waals surface area contributed by atoms with Crippen molar-refractivity contribution in [2.75, 3.05) is 6.54 Å². The van der Waals surface area contributed by atoms with E-state index in [1.165, 1.54) is 5.56 Å². The highest BCUT2D eigenvalue weighted by molar-refractivity contribution is 5.52. The van der Waals surface area contributed by atoms with Crippen LogP contribution in [-0.4, -0.2) is 12.6 Å². The maximum absolute atomic E-state index is 4.10. The Labute approximate surface area is 97.1 Å². The van der Waals surface area contributed by atoms with Gasteiger partial charge in [-0.1, -0.05) is 24.6 Å². The van der Waals surface area contributed by atoms with Crippen LogP contribution in [0, 0.1) is 18.8 Å². The third kappa shape index (κ3) is 5.14. The van der Waals surface area contributed by atoms with E-state index in [9.17, 15) is 0 Å². The van der Waals surface area contributed by atoms with Gasteiger partial charge in [0.1, 0.15) is 0 Å². The van der Waals surface area contributed by atoms with Crippen molar-refractivity contribution < 1.29 is 0 Å². The van der Waals surface area contributed by atoms with Crippen molar-refractivity contribution in [1.82, 2.24) is 0 Å². The maximum atomic E-state index is 4.10. The molecule has 0 spiro atoms. The molecule has 0 aliphatic rings. The largest absolute Gasteiger partial charge is 0.224 e. The zero-order valence-electron chi connectivity index (χ0n) is 9.83. The van der Waals surface area contributed by atoms with Crippen LogP contribution in [0.25, 0.3) is 0 Å². The van der Waals surface area contributed by atoms with Gasteiger partial charge in [0.15, 0.2) is 0 Å². The standard InChI is InChI=1S/C14H16N2/c1-3-4-5-6-11-15-12-16-14-9-7-13(2)8-10-14/h7-10H,3,6,11H2,1-2H3. The van der Waals surface area contributed by atoms with E-state index in [1.54, 1.807) is 0 Å². The van der Waals surface area contributed by atoms with Crippen molar-refractivity contribution in [3.8, 4) is 11.8 Å². The van der Waals surface area contributed by atoms with Crippen LogP contribution >= 0.6 is 0 Å². The summed E-state index contributed by atoms with van der Waals surface area (Å²) >= 11 is 0. The van der Waals surface area contributed by atoms with E-state index in [1.807, 2.05) is 38.1 Å². The topological polar surface area (TPSA) is 24.7 Å². The number of aliphatic imine (C=N–C) groups is 2. The molecule has 0 unspecified atom stereocenters. The van der Waals surface area contributed by atoms with Crippen molar-refractivity contribution in [1.29, 1.82) is 0 Å². The van der Waals surface area contributed by atoms with Gasteiger partial charge in [0.2, 0.25) is 0 Å². The van der Waals surface area contributed by atoms with Crippen molar-refractivity contribution in [3.63, 3.8) is 0 Å². The molecule has 0 fully saturated rings. The molecule has 16 heavy (non-hydrogen) atoms. The Morgan fingerprint density at radius 1 is 1.12 bits per heavy atom. The van der Waals surface area contributed by atoms with Gasteiger partial charge in [0.05, 0.1) is 18.2 Å². The Morgan fingerprint density at radius 3 is 2.56 bits per heavy atom. The summed E-state index contributed by atoms with van der Waals surface area (Å²) in [6.45, 7) is 4.76. The number of rotatable bonds is 3. The van der Waals surface area contributed by atoms with Crippen molar-refractivity contribution in [2.24, 2.45) is 9.98 Å². The Morgan fingerprint density at radius 2 is 1.88 bits per heavy atom. The minimum absolute atomic E-state index is 0.669. The fourth-order valence-corrected chi connectivity index (χ4v) is 1.09. The summed E-state index contributed by atoms with van der Waals surface area (Å²) in [7, 11) is 0. The van der Waals surface area contributed by atoms with Gasteiger partial charge in [0.25, 0.3) is 0 Å². The summed E-state index contributed by atoms with van der Waals surface area (Å²) in [5.41, 5.74) is 2.11. The Balaban J connectivity index is 2.41. The molecule has 0 aromatic heterocycles. The fraction of sp³-hybridized carbons (Fsp3) is 0.357. The predicted octanol–water partition coefficient (Wildman–Crippen LogP) is 3.60. The monoisotopic (exact) mass is 212 g/mol. The van der Waals surface area contributed by atoms with Gasteiger partial charge in [-0.25, -0.2) is 4.99 Å². The van der Waals surface area contributed by atoms with Crippen LogP contribution in [0.5, 0.6) is 0 Å². The second-order valence-corrected chi connectivity index (χ2v) is 3.39. The summed E-state index contributed by atoms with van der Waals surface area (Å²) < 4.78 is 0. The van der Waals surface area contributed by atoms with Gasteiger partial charge >= 0.3 is 0 Å². The normalized spacial score (nSPS) is 8.62. The highest BCUT2D eigenvalue weighted by Crippen LogP contribution is 2.10. The first kappa shape index (κ1) is 12.2. The quantitative estimate of drug-likeness (QED) is 0.415. The Kier molecular flexibility index (Phi) is 5.70. The lowest BCUT2D eigenvalue weighted by molar-refractivity contribution is 1.04. The zero-order valence-corrected chi connectivity index (χ0v) is 9.83. The van der Waals surface area contributed by atoms with Crippen LogP contribution in [0.4, 0.5) is 5.69 Å². The second-order valence-electron chi connectivity index (χ2n) is 3.39. The highest BCUT2D eigenvalue weighted by Gasteiger charge is 1.85. The number of nitrogens with zero attached hydrogens (tertiary/aromatic N) is 2. The molecule has 82 valence electrons. The van der Waals surface area contributed by atoms with Gasteiger partial charge < -0.3 is 0 Å². The average molecular weight is 212 g/mol. The van der Waals surface area contributed by atoms with Gasteiger partial charge in [-0.05, 0) is 19.1 Å². The highest BCUT2D eigenvalue weighted by atomic mass is 14.8. The van der Waals surface area contributed by atoms with Crippen LogP contribution in [-0.2, 0) is 0 Å². The SMILES string of the molecule is CCC#CCCN=C=Nc1ccc(C)cc1. The first-order valence-corrected chi connectivity index (χ1v) is 5.47. The number of hydrogen-bond donors (Lipinski definition) is 0. The van der Waals surface area contributed by atoms with Crippen LogP contribution in [0.15, 0.2) is 34.3 Å². The van der Waals surface area contributed by atoms with Crippen molar-refractivity contribution in [3.05, 3.63) is 29.8 Å². The van der Waals surface area contributed by atoms with Crippen molar-refractivity contribution in [2.45, 2.75) is 26.7 Å². The summed E-state index contributed by atoms with van der Waals surface area (Å²) in [4.78, 5) is 8.14. The molecule has 0 N–H and O–H groups in total. The zero-order chi connectivity index (χ0) is 11.6. The lowest BCUT2D eigenvalue weighted by Gasteiger charge is -1.90. The minimum Gasteiger partial charge on any atom is -0.224 e. The smallest absolute Gasteiger partial charge is 0.0949 e. The first-order chi connectivity index (χ1) is 7.83.